The Bertz CT molecular complexity index is 456. The van der Waals surface area contributed by atoms with Crippen LogP contribution < -0.4 is 5.73 Å². The molecule has 1 aliphatic heterocycles. The maximum Gasteiger partial charge on any atom is 0.253 e. The highest BCUT2D eigenvalue weighted by atomic mass is 16.3. The van der Waals surface area contributed by atoms with Gasteiger partial charge in [-0.3, -0.25) is 9.59 Å². The number of benzene rings is 1. The highest BCUT2D eigenvalue weighted by Gasteiger charge is 2.22. The topological polar surface area (TPSA) is 83.6 Å². The molecular weight excluding hydrogens is 232 g/mol. The van der Waals surface area contributed by atoms with Crippen molar-refractivity contribution in [1.29, 1.82) is 0 Å². The summed E-state index contributed by atoms with van der Waals surface area (Å²) in [5.74, 6) is -0.632. The van der Waals surface area contributed by atoms with E-state index in [0.717, 1.165) is 12.8 Å². The number of aliphatic hydroxyl groups is 1. The van der Waals surface area contributed by atoms with Crippen LogP contribution in [0.1, 0.15) is 33.6 Å². The average molecular weight is 248 g/mol. The quantitative estimate of drug-likeness (QED) is 0.793. The van der Waals surface area contributed by atoms with Crippen molar-refractivity contribution in [2.75, 3.05) is 13.1 Å². The van der Waals surface area contributed by atoms with Gasteiger partial charge in [-0.15, -0.1) is 0 Å². The zero-order chi connectivity index (χ0) is 13.1. The second kappa shape index (κ2) is 5.18. The summed E-state index contributed by atoms with van der Waals surface area (Å²) in [6.45, 7) is 1.03. The lowest BCUT2D eigenvalue weighted by molar-refractivity contribution is 0.0473. The monoisotopic (exact) mass is 248 g/mol. The summed E-state index contributed by atoms with van der Waals surface area (Å²) in [6, 6.07) is 6.25. The molecule has 1 fully saturated rings. The Kier molecular flexibility index (Phi) is 3.62. The van der Waals surface area contributed by atoms with Gasteiger partial charge in [0.05, 0.1) is 6.10 Å². The number of aliphatic hydroxyl groups excluding tert-OH is 1. The lowest BCUT2D eigenvalue weighted by atomic mass is 10.1. The Balaban J connectivity index is 2.10. The molecule has 3 N–H and O–H groups in total. The molecule has 0 aliphatic carbocycles. The van der Waals surface area contributed by atoms with E-state index in [-0.39, 0.29) is 5.91 Å². The minimum atomic E-state index is -0.512. The second-order valence-electron chi connectivity index (χ2n) is 4.49. The predicted molar refractivity (Wildman–Crippen MR) is 66.1 cm³/mol. The van der Waals surface area contributed by atoms with Crippen molar-refractivity contribution in [3.63, 3.8) is 0 Å². The number of rotatable bonds is 2. The normalized spacial score (nSPS) is 19.6. The number of primary amides is 1. The van der Waals surface area contributed by atoms with Gasteiger partial charge in [0.1, 0.15) is 0 Å². The largest absolute Gasteiger partial charge is 0.391 e. The van der Waals surface area contributed by atoms with E-state index in [4.69, 9.17) is 5.73 Å². The summed E-state index contributed by atoms with van der Waals surface area (Å²) in [6.07, 6.45) is 1.11. The molecule has 2 amide bonds. The van der Waals surface area contributed by atoms with Gasteiger partial charge in [-0.25, -0.2) is 0 Å². The summed E-state index contributed by atoms with van der Waals surface area (Å²) in [5.41, 5.74) is 6.02. The van der Waals surface area contributed by atoms with Crippen molar-refractivity contribution in [3.8, 4) is 0 Å². The van der Waals surface area contributed by atoms with Crippen LogP contribution in [0.3, 0.4) is 0 Å². The number of nitrogens with zero attached hydrogens (tertiary/aromatic N) is 1. The fourth-order valence-corrected chi connectivity index (χ4v) is 2.10. The van der Waals surface area contributed by atoms with Gasteiger partial charge in [-0.1, -0.05) is 0 Å². The molecule has 0 aromatic heterocycles. The summed E-state index contributed by atoms with van der Waals surface area (Å²) < 4.78 is 0. The standard InChI is InChI=1S/C13H16N2O3/c14-12(17)9-3-5-10(6-4-9)13(18)15-7-1-2-11(16)8-15/h3-6,11,16H,1-2,7-8H2,(H2,14,17). The smallest absolute Gasteiger partial charge is 0.253 e. The van der Waals surface area contributed by atoms with Crippen molar-refractivity contribution >= 4 is 11.8 Å². The van der Waals surface area contributed by atoms with E-state index in [1.807, 2.05) is 0 Å². The van der Waals surface area contributed by atoms with Gasteiger partial charge in [0.15, 0.2) is 0 Å². The van der Waals surface area contributed by atoms with Crippen molar-refractivity contribution < 1.29 is 14.7 Å². The highest BCUT2D eigenvalue weighted by Crippen LogP contribution is 2.14. The van der Waals surface area contributed by atoms with E-state index in [1.165, 1.54) is 12.1 Å². The maximum atomic E-state index is 12.1. The van der Waals surface area contributed by atoms with Crippen LogP contribution in [0, 0.1) is 0 Å². The van der Waals surface area contributed by atoms with Crippen LogP contribution in [0.2, 0.25) is 0 Å². The molecule has 0 saturated carbocycles. The molecule has 5 nitrogen and oxygen atoms in total. The van der Waals surface area contributed by atoms with Crippen LogP contribution >= 0.6 is 0 Å². The average Bonchev–Trinajstić information content (AvgIpc) is 2.38. The number of hydrogen-bond donors (Lipinski definition) is 2. The van der Waals surface area contributed by atoms with E-state index in [1.54, 1.807) is 17.0 Å². The van der Waals surface area contributed by atoms with E-state index in [9.17, 15) is 14.7 Å². The van der Waals surface area contributed by atoms with Gasteiger partial charge in [0.2, 0.25) is 5.91 Å². The van der Waals surface area contributed by atoms with Crippen molar-refractivity contribution in [2.45, 2.75) is 18.9 Å². The molecule has 0 spiro atoms. The Labute approximate surface area is 105 Å². The van der Waals surface area contributed by atoms with Crippen molar-refractivity contribution in [2.24, 2.45) is 5.73 Å². The minimum absolute atomic E-state index is 0.121. The van der Waals surface area contributed by atoms with Gasteiger partial charge < -0.3 is 15.7 Å². The molecule has 2 rings (SSSR count). The summed E-state index contributed by atoms with van der Waals surface area (Å²) in [7, 11) is 0. The first-order valence-electron chi connectivity index (χ1n) is 5.95. The predicted octanol–water partition coefficient (Wildman–Crippen LogP) is 0.382. The van der Waals surface area contributed by atoms with E-state index < -0.39 is 12.0 Å². The van der Waals surface area contributed by atoms with Crippen LogP contribution in [0.5, 0.6) is 0 Å². The fourth-order valence-electron chi connectivity index (χ4n) is 2.10. The van der Waals surface area contributed by atoms with Crippen LogP contribution in [-0.2, 0) is 0 Å². The Hall–Kier alpha value is -1.88. The van der Waals surface area contributed by atoms with Crippen molar-refractivity contribution in [1.82, 2.24) is 4.90 Å². The first kappa shape index (κ1) is 12.6. The molecule has 1 atom stereocenters. The molecule has 5 heteroatoms. The number of carbonyl (C=O) groups is 2. The Morgan fingerprint density at radius 3 is 2.39 bits per heavy atom. The highest BCUT2D eigenvalue weighted by molar-refractivity contribution is 5.97. The summed E-state index contributed by atoms with van der Waals surface area (Å²) in [5, 5.41) is 9.54. The second-order valence-corrected chi connectivity index (χ2v) is 4.49. The van der Waals surface area contributed by atoms with Gasteiger partial charge >= 0.3 is 0 Å². The third-order valence-corrected chi connectivity index (χ3v) is 3.10. The number of amides is 2. The van der Waals surface area contributed by atoms with Crippen LogP contribution in [0.25, 0.3) is 0 Å². The Morgan fingerprint density at radius 2 is 1.83 bits per heavy atom. The molecule has 0 bridgehead atoms. The van der Waals surface area contributed by atoms with Crippen LogP contribution in [-0.4, -0.2) is 41.0 Å². The number of carbonyl (C=O) groups excluding carboxylic acids is 2. The first-order valence-corrected chi connectivity index (χ1v) is 5.95. The van der Waals surface area contributed by atoms with Gasteiger partial charge in [0.25, 0.3) is 5.91 Å². The number of piperidine rings is 1. The molecule has 18 heavy (non-hydrogen) atoms. The molecular formula is C13H16N2O3. The van der Waals surface area contributed by atoms with Crippen molar-refractivity contribution in [3.05, 3.63) is 35.4 Å². The third-order valence-electron chi connectivity index (χ3n) is 3.10. The molecule has 1 saturated heterocycles. The molecule has 1 heterocycles. The number of hydrogen-bond acceptors (Lipinski definition) is 3. The number of likely N-dealkylation sites (tertiary alicyclic amines) is 1. The van der Waals surface area contributed by atoms with Gasteiger partial charge in [-0.05, 0) is 37.1 Å². The third kappa shape index (κ3) is 2.68. The van der Waals surface area contributed by atoms with Gasteiger partial charge in [-0.2, -0.15) is 0 Å². The van der Waals surface area contributed by atoms with Crippen LogP contribution in [0.4, 0.5) is 0 Å². The minimum Gasteiger partial charge on any atom is -0.391 e. The summed E-state index contributed by atoms with van der Waals surface area (Å²) in [4.78, 5) is 24.7. The molecule has 1 aliphatic rings. The number of nitrogens with two attached hydrogens (primary N) is 1. The fraction of sp³-hybridized carbons (Fsp3) is 0.385. The Morgan fingerprint density at radius 1 is 1.22 bits per heavy atom. The van der Waals surface area contributed by atoms with E-state index >= 15 is 0 Å². The lowest BCUT2D eigenvalue weighted by Crippen LogP contribution is -2.42. The first-order chi connectivity index (χ1) is 8.58. The lowest BCUT2D eigenvalue weighted by Gasteiger charge is -2.30. The van der Waals surface area contributed by atoms with Gasteiger partial charge in [0, 0.05) is 24.2 Å². The van der Waals surface area contributed by atoms with E-state index in [2.05, 4.69) is 0 Å². The zero-order valence-corrected chi connectivity index (χ0v) is 10.0. The molecule has 1 aromatic rings. The SMILES string of the molecule is NC(=O)c1ccc(C(=O)N2CCCC(O)C2)cc1. The maximum absolute atomic E-state index is 12.1. The summed E-state index contributed by atoms with van der Waals surface area (Å²) >= 11 is 0. The molecule has 96 valence electrons. The van der Waals surface area contributed by atoms with Crippen LogP contribution in [0.15, 0.2) is 24.3 Å². The zero-order valence-electron chi connectivity index (χ0n) is 10.0. The van der Waals surface area contributed by atoms with E-state index in [0.29, 0.717) is 24.2 Å². The molecule has 1 aromatic carbocycles. The number of β-amino-alcohol motifs (C(OH)–C–C–N with tert-alkyl or cyclic N) is 1. The molecule has 0 radical (unpaired) electrons. The molecule has 1 unspecified atom stereocenters.